The van der Waals surface area contributed by atoms with Crippen LogP contribution in [-0.4, -0.2) is 29.0 Å². The number of nitrogen functional groups attached to an aromatic ring is 1. The van der Waals surface area contributed by atoms with Gasteiger partial charge in [-0.15, -0.1) is 0 Å². The van der Waals surface area contributed by atoms with Gasteiger partial charge >= 0.3 is 0 Å². The second-order valence-corrected chi connectivity index (χ2v) is 9.56. The number of benzene rings is 2. The molecule has 204 valence electrons. The minimum atomic E-state index is -0.781. The third kappa shape index (κ3) is 5.09. The third-order valence-corrected chi connectivity index (χ3v) is 6.91. The molecule has 1 amide bonds. The van der Waals surface area contributed by atoms with Crippen LogP contribution < -0.4 is 32.7 Å². The van der Waals surface area contributed by atoms with Crippen LogP contribution in [0.4, 0.5) is 15.8 Å². The van der Waals surface area contributed by atoms with Crippen molar-refractivity contribution in [1.82, 2.24) is 10.3 Å². The number of aryl methyl sites for hydroxylation is 1. The molecule has 3 aromatic rings. The van der Waals surface area contributed by atoms with Crippen LogP contribution in [0.1, 0.15) is 43.9 Å². The van der Waals surface area contributed by atoms with Gasteiger partial charge in [0.15, 0.2) is 5.70 Å². The van der Waals surface area contributed by atoms with Gasteiger partial charge in [0.25, 0.3) is 5.91 Å². The summed E-state index contributed by atoms with van der Waals surface area (Å²) < 4.78 is 14.6. The van der Waals surface area contributed by atoms with Crippen LogP contribution in [0, 0.1) is 29.5 Å². The average Bonchev–Trinajstić information content (AvgIpc) is 3.30. The fraction of sp³-hybridized carbons (Fsp3) is 0.200. The first-order chi connectivity index (χ1) is 19.1. The summed E-state index contributed by atoms with van der Waals surface area (Å²) >= 11 is 0. The lowest BCUT2D eigenvalue weighted by Gasteiger charge is -2.23. The number of nitrogens with two attached hydrogens (primary N) is 2. The van der Waals surface area contributed by atoms with Gasteiger partial charge in [0.2, 0.25) is 0 Å². The van der Waals surface area contributed by atoms with Gasteiger partial charge in [-0.25, -0.2) is 9.38 Å². The van der Waals surface area contributed by atoms with E-state index in [1.54, 1.807) is 25.3 Å². The van der Waals surface area contributed by atoms with E-state index in [2.05, 4.69) is 21.7 Å². The minimum absolute atomic E-state index is 0.0470. The maximum Gasteiger partial charge on any atom is 0.269 e. The quantitative estimate of drug-likeness (QED) is 0.200. The van der Waals surface area contributed by atoms with Crippen molar-refractivity contribution >= 4 is 51.4 Å². The smallest absolute Gasteiger partial charge is 0.269 e. The zero-order valence-corrected chi connectivity index (χ0v) is 22.7. The molecule has 0 fully saturated rings. The molecular weight excluding hydrogens is 507 g/mol. The Balaban J connectivity index is 2.00. The number of anilines is 2. The molecule has 0 saturated carbocycles. The predicted octanol–water partition coefficient (Wildman–Crippen LogP) is 3.18. The van der Waals surface area contributed by atoms with E-state index in [4.69, 9.17) is 21.9 Å². The Kier molecular flexibility index (Phi) is 7.86. The molecule has 0 bridgehead atoms. The molecule has 2 aromatic carbocycles. The van der Waals surface area contributed by atoms with E-state index in [0.717, 1.165) is 17.4 Å². The number of carbonyl (C=O) groups is 1. The van der Waals surface area contributed by atoms with Crippen LogP contribution in [0.3, 0.4) is 0 Å². The van der Waals surface area contributed by atoms with E-state index in [-0.39, 0.29) is 16.9 Å². The van der Waals surface area contributed by atoms with E-state index < -0.39 is 17.9 Å². The highest BCUT2D eigenvalue weighted by Gasteiger charge is 2.20. The summed E-state index contributed by atoms with van der Waals surface area (Å²) in [7, 11) is 0. The number of H-pyrrole nitrogens is 1. The molecule has 0 radical (unpaired) electrons. The number of dihydropyridines is 1. The van der Waals surface area contributed by atoms with E-state index >= 15 is 0 Å². The van der Waals surface area contributed by atoms with Crippen LogP contribution in [0.25, 0.3) is 22.2 Å². The molecule has 1 aliphatic heterocycles. The van der Waals surface area contributed by atoms with Gasteiger partial charge in [0.1, 0.15) is 12.0 Å². The number of carbonyl (C=O) groups excluding carboxylic acids is 1. The van der Waals surface area contributed by atoms with Crippen molar-refractivity contribution in [2.24, 2.45) is 10.7 Å². The SMILES string of the molecule is CC/C(C)=c1/c(=C(\N=C(C)c2ccc(C)cc2NC2NC=CC=C2C#N)C(N)=O)[nH]c2cc(F)c(N)c(C=N)c12. The lowest BCUT2D eigenvalue weighted by molar-refractivity contribution is -0.113. The number of aliphatic imine (C=N–C) groups is 1. The van der Waals surface area contributed by atoms with Crippen molar-refractivity contribution in [3.05, 3.63) is 81.3 Å². The zero-order valence-electron chi connectivity index (χ0n) is 22.7. The second-order valence-electron chi connectivity index (χ2n) is 9.56. The van der Waals surface area contributed by atoms with E-state index in [0.29, 0.717) is 50.4 Å². The van der Waals surface area contributed by atoms with Gasteiger partial charge in [0.05, 0.1) is 28.2 Å². The summed E-state index contributed by atoms with van der Waals surface area (Å²) in [5.74, 6) is -1.46. The maximum atomic E-state index is 14.6. The monoisotopic (exact) mass is 538 g/mol. The van der Waals surface area contributed by atoms with Gasteiger partial charge in [-0.3, -0.25) is 4.79 Å². The van der Waals surface area contributed by atoms with E-state index in [1.165, 1.54) is 6.07 Å². The molecular formula is C30H31FN8O. The predicted molar refractivity (Wildman–Crippen MR) is 159 cm³/mol. The summed E-state index contributed by atoms with van der Waals surface area (Å²) in [4.78, 5) is 20.7. The summed E-state index contributed by atoms with van der Waals surface area (Å²) in [6.45, 7) is 7.55. The molecule has 40 heavy (non-hydrogen) atoms. The highest BCUT2D eigenvalue weighted by atomic mass is 19.1. The number of amides is 1. The molecule has 1 atom stereocenters. The molecule has 0 saturated heterocycles. The summed E-state index contributed by atoms with van der Waals surface area (Å²) in [6, 6.07) is 9.16. The Morgan fingerprint density at radius 1 is 1.32 bits per heavy atom. The Hall–Kier alpha value is -5.17. The van der Waals surface area contributed by atoms with Gasteiger partial charge in [0, 0.05) is 45.4 Å². The van der Waals surface area contributed by atoms with Crippen LogP contribution in [-0.2, 0) is 4.79 Å². The molecule has 4 rings (SSSR count). The molecule has 1 unspecified atom stereocenters. The largest absolute Gasteiger partial charge is 0.396 e. The number of halogens is 1. The Labute approximate surface area is 231 Å². The summed E-state index contributed by atoms with van der Waals surface area (Å²) in [5, 5.41) is 25.4. The van der Waals surface area contributed by atoms with Crippen LogP contribution >= 0.6 is 0 Å². The molecule has 10 heteroatoms. The number of rotatable bonds is 7. The molecule has 1 aliphatic rings. The number of aromatic nitrogens is 1. The van der Waals surface area contributed by atoms with Gasteiger partial charge in [-0.2, -0.15) is 5.26 Å². The van der Waals surface area contributed by atoms with Crippen molar-refractivity contribution in [3.8, 4) is 6.07 Å². The molecule has 1 aromatic heterocycles. The van der Waals surface area contributed by atoms with Crippen molar-refractivity contribution in [3.63, 3.8) is 0 Å². The standard InChI is InChI=1S/C30H31FN8O/c1-5-16(3)24-25-20(14-33)26(34)21(31)12-23(25)38-27(24)28(29(35)40)37-17(4)19-9-8-15(2)11-22(19)39-30-18(13-32)7-6-10-36-30/h6-12,14,30,33,36,38-39H,5,34H2,1-4H3,(H2,35,40)/b24-16+,28-27+,33-14?,37-17?. The van der Waals surface area contributed by atoms with Crippen molar-refractivity contribution in [2.45, 2.75) is 40.3 Å². The number of aromatic amines is 1. The minimum Gasteiger partial charge on any atom is -0.396 e. The fourth-order valence-corrected chi connectivity index (χ4v) is 4.73. The Morgan fingerprint density at radius 3 is 2.73 bits per heavy atom. The first-order valence-corrected chi connectivity index (χ1v) is 12.7. The first kappa shape index (κ1) is 27.9. The van der Waals surface area contributed by atoms with Crippen LogP contribution in [0.15, 0.2) is 53.2 Å². The summed E-state index contributed by atoms with van der Waals surface area (Å²) in [5.41, 5.74) is 16.5. The van der Waals surface area contributed by atoms with Gasteiger partial charge in [-0.1, -0.05) is 24.6 Å². The zero-order chi connectivity index (χ0) is 29.1. The van der Waals surface area contributed by atoms with Crippen LogP contribution in [0.5, 0.6) is 0 Å². The molecule has 0 spiro atoms. The van der Waals surface area contributed by atoms with Crippen molar-refractivity contribution in [1.29, 1.82) is 10.7 Å². The van der Waals surface area contributed by atoms with Gasteiger partial charge in [-0.05, 0) is 57.2 Å². The lowest BCUT2D eigenvalue weighted by Crippen LogP contribution is -2.36. The first-order valence-electron chi connectivity index (χ1n) is 12.7. The molecule has 9 nitrogen and oxygen atoms in total. The van der Waals surface area contributed by atoms with E-state index in [1.807, 2.05) is 39.0 Å². The molecule has 2 heterocycles. The van der Waals surface area contributed by atoms with Crippen LogP contribution in [0.2, 0.25) is 0 Å². The van der Waals surface area contributed by atoms with Crippen molar-refractivity contribution in [2.75, 3.05) is 11.1 Å². The summed E-state index contributed by atoms with van der Waals surface area (Å²) in [6.07, 6.45) is 6.40. The maximum absolute atomic E-state index is 14.6. The number of fused-ring (bicyclic) bond motifs is 1. The topological polar surface area (TPSA) is 169 Å². The molecule has 8 N–H and O–H groups in total. The fourth-order valence-electron chi connectivity index (χ4n) is 4.73. The second kappa shape index (κ2) is 11.3. The van der Waals surface area contributed by atoms with E-state index in [9.17, 15) is 14.4 Å². The third-order valence-electron chi connectivity index (χ3n) is 6.91. The normalized spacial score (nSPS) is 16.6. The number of nitrogens with zero attached hydrogens (tertiary/aromatic N) is 2. The average molecular weight is 539 g/mol. The molecule has 0 aliphatic carbocycles. The Bertz CT molecular complexity index is 1800. The highest BCUT2D eigenvalue weighted by Crippen LogP contribution is 2.24. The number of nitrogens with one attached hydrogen (secondary N) is 4. The number of nitriles is 1. The number of allylic oxidation sites excluding steroid dienone is 2. The number of hydrogen-bond donors (Lipinski definition) is 6. The van der Waals surface area contributed by atoms with Gasteiger partial charge < -0.3 is 32.5 Å². The highest BCUT2D eigenvalue weighted by molar-refractivity contribution is 6.17. The number of hydrogen-bond acceptors (Lipinski definition) is 7. The lowest BCUT2D eigenvalue weighted by atomic mass is 10.0. The Morgan fingerprint density at radius 2 is 2.08 bits per heavy atom. The van der Waals surface area contributed by atoms with Crippen molar-refractivity contribution < 1.29 is 9.18 Å². The number of primary amides is 1.